The molecule has 0 aliphatic rings. The van der Waals surface area contributed by atoms with Crippen molar-refractivity contribution in [1.82, 2.24) is 4.57 Å². The molecule has 0 fully saturated rings. The van der Waals surface area contributed by atoms with E-state index >= 15 is 0 Å². The molecule has 4 aromatic rings. The van der Waals surface area contributed by atoms with Gasteiger partial charge in [0.15, 0.2) is 5.75 Å². The van der Waals surface area contributed by atoms with Crippen LogP contribution >= 0.6 is 0 Å². The molecule has 28 heavy (non-hydrogen) atoms. The Morgan fingerprint density at radius 1 is 1.04 bits per heavy atom. The smallest absolute Gasteiger partial charge is 0.229 e. The van der Waals surface area contributed by atoms with Gasteiger partial charge in [-0.05, 0) is 30.3 Å². The number of hydrogen-bond donors (Lipinski definition) is 1. The number of benzene rings is 2. The summed E-state index contributed by atoms with van der Waals surface area (Å²) in [5, 5.41) is 0.274. The third-order valence-electron chi connectivity index (χ3n) is 4.01. The maximum absolute atomic E-state index is 13.0. The first-order valence-corrected chi connectivity index (χ1v) is 10.2. The first-order chi connectivity index (χ1) is 13.4. The van der Waals surface area contributed by atoms with Crippen molar-refractivity contribution in [1.29, 1.82) is 0 Å². The molecule has 0 atom stereocenters. The zero-order valence-corrected chi connectivity index (χ0v) is 15.6. The van der Waals surface area contributed by atoms with Crippen molar-refractivity contribution in [3.63, 3.8) is 0 Å². The van der Waals surface area contributed by atoms with Crippen LogP contribution in [0.25, 0.3) is 16.7 Å². The van der Waals surface area contributed by atoms with Gasteiger partial charge in [-0.25, -0.2) is 8.42 Å². The van der Waals surface area contributed by atoms with Gasteiger partial charge in [0.2, 0.25) is 15.5 Å². The number of aromatic nitrogens is 1. The van der Waals surface area contributed by atoms with E-state index in [0.29, 0.717) is 11.4 Å². The van der Waals surface area contributed by atoms with Gasteiger partial charge in [-0.1, -0.05) is 18.2 Å². The molecule has 0 radical (unpaired) electrons. The molecule has 8 heteroatoms. The number of nitrogens with one attached hydrogen (secondary N) is 1. The molecular formula is C20H16N2O5S. The van der Waals surface area contributed by atoms with Crippen molar-refractivity contribution in [2.45, 2.75) is 0 Å². The van der Waals surface area contributed by atoms with E-state index in [0.717, 1.165) is 6.26 Å². The van der Waals surface area contributed by atoms with Crippen LogP contribution in [0.1, 0.15) is 0 Å². The molecule has 1 N–H and O–H groups in total. The zero-order chi connectivity index (χ0) is 19.7. The minimum absolute atomic E-state index is 0.177. The minimum atomic E-state index is -3.57. The zero-order valence-electron chi connectivity index (χ0n) is 14.8. The lowest BCUT2D eigenvalue weighted by atomic mass is 10.2. The lowest BCUT2D eigenvalue weighted by Gasteiger charge is -2.13. The molecule has 4 rings (SSSR count). The summed E-state index contributed by atoms with van der Waals surface area (Å²) in [5.41, 5.74) is 0.497. The summed E-state index contributed by atoms with van der Waals surface area (Å²) in [6.07, 6.45) is 5.85. The van der Waals surface area contributed by atoms with Crippen LogP contribution in [0.4, 0.5) is 5.69 Å². The van der Waals surface area contributed by atoms with Gasteiger partial charge in [0, 0.05) is 18.5 Å². The Hall–Kier alpha value is -3.52. The highest BCUT2D eigenvalue weighted by Crippen LogP contribution is 2.34. The van der Waals surface area contributed by atoms with E-state index in [1.54, 1.807) is 53.4 Å². The summed E-state index contributed by atoms with van der Waals surface area (Å²) in [6.45, 7) is 0. The summed E-state index contributed by atoms with van der Waals surface area (Å²) < 4.78 is 39.0. The van der Waals surface area contributed by atoms with Crippen molar-refractivity contribution in [2.75, 3.05) is 11.0 Å². The lowest BCUT2D eigenvalue weighted by molar-refractivity contribution is 0.485. The predicted molar refractivity (Wildman–Crippen MR) is 107 cm³/mol. The first kappa shape index (κ1) is 17.9. The number of para-hydroxylation sites is 1. The van der Waals surface area contributed by atoms with E-state index in [4.69, 9.17) is 9.15 Å². The third kappa shape index (κ3) is 3.63. The number of ether oxygens (including phenoxy) is 1. The Morgan fingerprint density at radius 3 is 2.43 bits per heavy atom. The van der Waals surface area contributed by atoms with E-state index in [2.05, 4.69) is 4.72 Å². The Labute approximate surface area is 160 Å². The number of anilines is 1. The molecule has 2 heterocycles. The van der Waals surface area contributed by atoms with E-state index in [-0.39, 0.29) is 27.8 Å². The number of sulfonamides is 1. The molecule has 0 aliphatic carbocycles. The van der Waals surface area contributed by atoms with E-state index in [1.165, 1.54) is 18.4 Å². The van der Waals surface area contributed by atoms with Crippen molar-refractivity contribution in [3.8, 4) is 17.2 Å². The largest absolute Gasteiger partial charge is 0.462 e. The normalized spacial score (nSPS) is 11.5. The van der Waals surface area contributed by atoms with Gasteiger partial charge in [-0.3, -0.25) is 9.52 Å². The Kier molecular flexibility index (Phi) is 4.40. The number of fused-ring (bicyclic) bond motifs is 1. The third-order valence-corrected chi connectivity index (χ3v) is 4.60. The standard InChI is InChI=1S/C20H16N2O5S/c1-28(24,25)21-16-12-18-15(11-19(16)27-14-7-3-2-4-8-14)20(23)17(13-26-18)22-9-5-6-10-22/h2-13,21H,1H3. The van der Waals surface area contributed by atoms with E-state index in [1.807, 2.05) is 6.07 Å². The van der Waals surface area contributed by atoms with Gasteiger partial charge in [0.1, 0.15) is 23.3 Å². The Balaban J connectivity index is 1.91. The fraction of sp³-hybridized carbons (Fsp3) is 0.0500. The summed E-state index contributed by atoms with van der Waals surface area (Å²) in [4.78, 5) is 13.0. The molecule has 7 nitrogen and oxygen atoms in total. The van der Waals surface area contributed by atoms with Crippen molar-refractivity contribution in [3.05, 3.63) is 83.5 Å². The molecule has 0 bridgehead atoms. The van der Waals surface area contributed by atoms with Crippen LogP contribution in [0.15, 0.2) is 82.5 Å². The quantitative estimate of drug-likeness (QED) is 0.555. The van der Waals surface area contributed by atoms with Crippen LogP contribution in [0.5, 0.6) is 11.5 Å². The average molecular weight is 396 g/mol. The van der Waals surface area contributed by atoms with Crippen molar-refractivity contribution in [2.24, 2.45) is 0 Å². The Morgan fingerprint density at radius 2 is 1.75 bits per heavy atom. The van der Waals surface area contributed by atoms with E-state index < -0.39 is 10.0 Å². The van der Waals surface area contributed by atoms with Crippen molar-refractivity contribution < 1.29 is 17.6 Å². The predicted octanol–water partition coefficient (Wildman–Crippen LogP) is 3.75. The Bertz CT molecular complexity index is 1290. The minimum Gasteiger partial charge on any atom is -0.462 e. The van der Waals surface area contributed by atoms with Gasteiger partial charge in [0.05, 0.1) is 17.3 Å². The van der Waals surface area contributed by atoms with Crippen LogP contribution in [0.3, 0.4) is 0 Å². The molecule has 0 saturated carbocycles. The molecule has 0 amide bonds. The van der Waals surface area contributed by atoms with Crippen LogP contribution < -0.4 is 14.9 Å². The molecule has 0 saturated heterocycles. The van der Waals surface area contributed by atoms with Crippen LogP contribution in [0, 0.1) is 0 Å². The van der Waals surface area contributed by atoms with Crippen LogP contribution in [0.2, 0.25) is 0 Å². The van der Waals surface area contributed by atoms with Crippen LogP contribution in [-0.2, 0) is 10.0 Å². The molecule has 0 spiro atoms. The first-order valence-electron chi connectivity index (χ1n) is 8.34. The van der Waals surface area contributed by atoms with Gasteiger partial charge in [-0.15, -0.1) is 0 Å². The molecule has 0 aliphatic heterocycles. The second kappa shape index (κ2) is 6.90. The summed E-state index contributed by atoms with van der Waals surface area (Å²) in [5.74, 6) is 0.699. The fourth-order valence-electron chi connectivity index (χ4n) is 2.80. The monoisotopic (exact) mass is 396 g/mol. The maximum atomic E-state index is 13.0. The summed E-state index contributed by atoms with van der Waals surface area (Å²) in [6, 6.07) is 15.4. The number of nitrogens with zero attached hydrogens (tertiary/aromatic N) is 1. The highest BCUT2D eigenvalue weighted by molar-refractivity contribution is 7.92. The topological polar surface area (TPSA) is 90.5 Å². The average Bonchev–Trinajstić information content (AvgIpc) is 3.17. The van der Waals surface area contributed by atoms with Gasteiger partial charge in [-0.2, -0.15) is 0 Å². The summed E-state index contributed by atoms with van der Waals surface area (Å²) >= 11 is 0. The summed E-state index contributed by atoms with van der Waals surface area (Å²) in [7, 11) is -3.57. The fourth-order valence-corrected chi connectivity index (χ4v) is 3.36. The number of hydrogen-bond acceptors (Lipinski definition) is 5. The van der Waals surface area contributed by atoms with Gasteiger partial charge < -0.3 is 13.7 Å². The highest BCUT2D eigenvalue weighted by Gasteiger charge is 2.16. The molecule has 2 aromatic heterocycles. The second-order valence-corrected chi connectivity index (χ2v) is 7.92. The van der Waals surface area contributed by atoms with E-state index in [9.17, 15) is 13.2 Å². The molecule has 2 aromatic carbocycles. The second-order valence-electron chi connectivity index (χ2n) is 6.17. The van der Waals surface area contributed by atoms with Gasteiger partial charge in [0.25, 0.3) is 0 Å². The highest BCUT2D eigenvalue weighted by atomic mass is 32.2. The maximum Gasteiger partial charge on any atom is 0.229 e. The lowest BCUT2D eigenvalue weighted by Crippen LogP contribution is -2.13. The SMILES string of the molecule is CS(=O)(=O)Nc1cc2occ(-n3cccc3)c(=O)c2cc1Oc1ccccc1. The number of rotatable bonds is 5. The molecular weight excluding hydrogens is 380 g/mol. The molecule has 142 valence electrons. The van der Waals surface area contributed by atoms with Gasteiger partial charge >= 0.3 is 0 Å². The van der Waals surface area contributed by atoms with Crippen LogP contribution in [-0.4, -0.2) is 19.2 Å². The van der Waals surface area contributed by atoms with Crippen molar-refractivity contribution >= 4 is 26.7 Å². The molecule has 0 unspecified atom stereocenters.